The molecule has 0 saturated carbocycles. The zero-order valence-electron chi connectivity index (χ0n) is 16.2. The molecule has 2 N–H and O–H groups in total. The molecule has 0 unspecified atom stereocenters. The van der Waals surface area contributed by atoms with E-state index in [-0.39, 0.29) is 24.6 Å². The molecule has 30 heavy (non-hydrogen) atoms. The van der Waals surface area contributed by atoms with E-state index in [0.717, 1.165) is 17.7 Å². The maximum absolute atomic E-state index is 13.4. The second-order valence-electron chi connectivity index (χ2n) is 7.01. The summed E-state index contributed by atoms with van der Waals surface area (Å²) in [6.45, 7) is 2.44. The third kappa shape index (κ3) is 3.91. The van der Waals surface area contributed by atoms with E-state index in [1.165, 1.54) is 4.68 Å². The number of carbonyl (C=O) groups excluding carboxylic acids is 1. The highest BCUT2D eigenvalue weighted by Crippen LogP contribution is 2.29. The van der Waals surface area contributed by atoms with Gasteiger partial charge in [0.25, 0.3) is 0 Å². The monoisotopic (exact) mass is 417 g/mol. The number of nitrogens with one attached hydrogen (secondary N) is 2. The topological polar surface area (TPSA) is 88.0 Å². The lowest BCUT2D eigenvalue weighted by Gasteiger charge is -2.27. The maximum atomic E-state index is 13.4. The number of benzene rings is 1. The zero-order chi connectivity index (χ0) is 21.4. The molecule has 0 atom stereocenters. The van der Waals surface area contributed by atoms with Gasteiger partial charge in [0.1, 0.15) is 5.69 Å². The Balaban J connectivity index is 1.44. The van der Waals surface area contributed by atoms with E-state index in [1.807, 2.05) is 0 Å². The van der Waals surface area contributed by atoms with Crippen molar-refractivity contribution < 1.29 is 18.0 Å². The quantitative estimate of drug-likeness (QED) is 0.620. The predicted octanol–water partition coefficient (Wildman–Crippen LogP) is 2.45. The highest BCUT2D eigenvalue weighted by atomic mass is 19.2. The second-order valence-corrected chi connectivity index (χ2v) is 7.01. The summed E-state index contributed by atoms with van der Waals surface area (Å²) in [6.07, 6.45) is 3.30. The van der Waals surface area contributed by atoms with Crippen LogP contribution in [0.4, 0.5) is 30.6 Å². The number of anilines is 3. The van der Waals surface area contributed by atoms with Gasteiger partial charge in [0.2, 0.25) is 11.9 Å². The highest BCUT2D eigenvalue weighted by Gasteiger charge is 2.23. The number of nitrogens with zero attached hydrogens (tertiary/aromatic N) is 5. The highest BCUT2D eigenvalue weighted by molar-refractivity contribution is 6.00. The summed E-state index contributed by atoms with van der Waals surface area (Å²) in [5.41, 5.74) is 2.27. The van der Waals surface area contributed by atoms with Gasteiger partial charge in [-0.25, -0.2) is 18.2 Å². The summed E-state index contributed by atoms with van der Waals surface area (Å²) in [5, 5.41) is 10.0. The van der Waals surface area contributed by atoms with E-state index in [0.29, 0.717) is 29.7 Å². The first-order valence-corrected chi connectivity index (χ1v) is 9.08. The molecule has 0 fully saturated rings. The summed E-state index contributed by atoms with van der Waals surface area (Å²) in [6, 6.07) is 1.88. The van der Waals surface area contributed by atoms with Crippen molar-refractivity contribution in [3.05, 3.63) is 58.8 Å². The molecule has 1 aliphatic heterocycles. The van der Waals surface area contributed by atoms with Crippen LogP contribution in [0.1, 0.15) is 16.8 Å². The molecule has 156 valence electrons. The van der Waals surface area contributed by atoms with Crippen LogP contribution in [0.5, 0.6) is 0 Å². The smallest absolute Gasteiger partial charge is 0.244 e. The number of likely N-dealkylation sites (N-methyl/N-ethyl adjacent to an activating group) is 1. The molecule has 0 saturated heterocycles. The van der Waals surface area contributed by atoms with E-state index >= 15 is 0 Å². The van der Waals surface area contributed by atoms with Gasteiger partial charge < -0.3 is 15.5 Å². The van der Waals surface area contributed by atoms with Crippen LogP contribution >= 0.6 is 0 Å². The molecule has 8 nitrogen and oxygen atoms in total. The van der Waals surface area contributed by atoms with Crippen LogP contribution in [0.3, 0.4) is 0 Å². The maximum Gasteiger partial charge on any atom is 0.244 e. The first-order valence-electron chi connectivity index (χ1n) is 9.08. The van der Waals surface area contributed by atoms with Crippen LogP contribution in [0.25, 0.3) is 0 Å². The normalized spacial score (nSPS) is 13.2. The predicted molar refractivity (Wildman–Crippen MR) is 104 cm³/mol. The Morgan fingerprint density at radius 1 is 1.17 bits per heavy atom. The molecule has 0 bridgehead atoms. The van der Waals surface area contributed by atoms with Crippen LogP contribution in [0.2, 0.25) is 0 Å². The number of hydrogen-bond acceptors (Lipinski definition) is 6. The SMILES string of the molecule is Cc1nc(NCc2cnn(Cc3cc(F)c(F)c(F)c3)c2)nc2c1NC(=O)CN2C. The molecule has 0 aliphatic carbocycles. The summed E-state index contributed by atoms with van der Waals surface area (Å²) >= 11 is 0. The lowest BCUT2D eigenvalue weighted by Crippen LogP contribution is -2.36. The Kier molecular flexibility index (Phi) is 5.02. The van der Waals surface area contributed by atoms with E-state index in [2.05, 4.69) is 25.7 Å². The fourth-order valence-corrected chi connectivity index (χ4v) is 3.18. The molecule has 2 aromatic heterocycles. The van der Waals surface area contributed by atoms with E-state index < -0.39 is 17.5 Å². The van der Waals surface area contributed by atoms with Crippen LogP contribution in [-0.4, -0.2) is 39.2 Å². The second kappa shape index (κ2) is 7.65. The average molecular weight is 417 g/mol. The Labute approximate surface area is 169 Å². The van der Waals surface area contributed by atoms with Crippen LogP contribution in [-0.2, 0) is 17.9 Å². The lowest BCUT2D eigenvalue weighted by molar-refractivity contribution is -0.115. The largest absolute Gasteiger partial charge is 0.350 e. The Bertz CT molecular complexity index is 1110. The minimum absolute atomic E-state index is 0.0903. The number of amides is 1. The number of aromatic nitrogens is 4. The standard InChI is InChI=1S/C19H18F3N7O/c1-10-17-18(28(2)9-15(30)26-17)27-19(25-10)23-5-12-6-24-29(8-12)7-11-3-13(20)16(22)14(21)4-11/h3-4,6,8H,5,7,9H2,1-2H3,(H,26,30)(H,23,25,27). The number of carbonyl (C=O) groups is 1. The molecular weight excluding hydrogens is 399 g/mol. The van der Waals surface area contributed by atoms with Crippen molar-refractivity contribution in [2.75, 3.05) is 29.1 Å². The Hall–Kier alpha value is -3.63. The van der Waals surface area contributed by atoms with Crippen molar-refractivity contribution in [1.29, 1.82) is 0 Å². The van der Waals surface area contributed by atoms with Gasteiger partial charge in [-0.05, 0) is 24.6 Å². The first kappa shape index (κ1) is 19.7. The van der Waals surface area contributed by atoms with Gasteiger partial charge in [0.15, 0.2) is 23.3 Å². The molecule has 11 heteroatoms. The van der Waals surface area contributed by atoms with Crippen molar-refractivity contribution in [3.63, 3.8) is 0 Å². The van der Waals surface area contributed by atoms with Gasteiger partial charge in [0.05, 0.1) is 25.0 Å². The molecule has 3 heterocycles. The molecule has 1 aromatic carbocycles. The molecule has 0 spiro atoms. The number of hydrogen-bond donors (Lipinski definition) is 2. The minimum atomic E-state index is -1.49. The number of aryl methyl sites for hydroxylation is 1. The van der Waals surface area contributed by atoms with Gasteiger partial charge in [-0.1, -0.05) is 0 Å². The third-order valence-corrected chi connectivity index (χ3v) is 4.60. The lowest BCUT2D eigenvalue weighted by atomic mass is 10.2. The summed E-state index contributed by atoms with van der Waals surface area (Å²) in [4.78, 5) is 22.2. The number of halogens is 3. The van der Waals surface area contributed by atoms with Gasteiger partial charge in [-0.15, -0.1) is 0 Å². The molecule has 1 amide bonds. The number of rotatable bonds is 5. The van der Waals surface area contributed by atoms with Crippen molar-refractivity contribution in [2.24, 2.45) is 0 Å². The third-order valence-electron chi connectivity index (χ3n) is 4.60. The zero-order valence-corrected chi connectivity index (χ0v) is 16.2. The molecule has 4 rings (SSSR count). The molecule has 0 radical (unpaired) electrons. The van der Waals surface area contributed by atoms with Crippen molar-refractivity contribution >= 4 is 23.4 Å². The van der Waals surface area contributed by atoms with Gasteiger partial charge in [-0.2, -0.15) is 10.1 Å². The van der Waals surface area contributed by atoms with Crippen LogP contribution < -0.4 is 15.5 Å². The Morgan fingerprint density at radius 3 is 2.63 bits per heavy atom. The van der Waals surface area contributed by atoms with E-state index in [1.54, 1.807) is 31.3 Å². The summed E-state index contributed by atoms with van der Waals surface area (Å²) in [5.74, 6) is -3.06. The van der Waals surface area contributed by atoms with Crippen LogP contribution in [0.15, 0.2) is 24.5 Å². The van der Waals surface area contributed by atoms with Crippen molar-refractivity contribution in [1.82, 2.24) is 19.7 Å². The summed E-state index contributed by atoms with van der Waals surface area (Å²) < 4.78 is 41.3. The van der Waals surface area contributed by atoms with E-state index in [4.69, 9.17) is 0 Å². The van der Waals surface area contributed by atoms with Gasteiger partial charge in [0, 0.05) is 25.4 Å². The summed E-state index contributed by atoms with van der Waals surface area (Å²) in [7, 11) is 1.78. The van der Waals surface area contributed by atoms with E-state index in [9.17, 15) is 18.0 Å². The number of fused-ring (bicyclic) bond motifs is 1. The molecule has 3 aromatic rings. The fraction of sp³-hybridized carbons (Fsp3) is 0.263. The first-order chi connectivity index (χ1) is 14.3. The van der Waals surface area contributed by atoms with Crippen LogP contribution in [0, 0.1) is 24.4 Å². The minimum Gasteiger partial charge on any atom is -0.350 e. The van der Waals surface area contributed by atoms with Gasteiger partial charge in [-0.3, -0.25) is 9.48 Å². The van der Waals surface area contributed by atoms with Crippen molar-refractivity contribution in [3.8, 4) is 0 Å². The Morgan fingerprint density at radius 2 is 1.90 bits per heavy atom. The average Bonchev–Trinajstić information content (AvgIpc) is 3.12. The molecule has 1 aliphatic rings. The van der Waals surface area contributed by atoms with Gasteiger partial charge >= 0.3 is 0 Å². The van der Waals surface area contributed by atoms with Crippen molar-refractivity contribution in [2.45, 2.75) is 20.0 Å². The molecular formula is C19H18F3N7O. The fourth-order valence-electron chi connectivity index (χ4n) is 3.18.